The zero-order valence-electron chi connectivity index (χ0n) is 17.3. The van der Waals surface area contributed by atoms with E-state index >= 15 is 0 Å². The van der Waals surface area contributed by atoms with E-state index in [1.54, 1.807) is 30.7 Å². The maximum atomic E-state index is 14.3. The second-order valence-electron chi connectivity index (χ2n) is 6.50. The highest BCUT2D eigenvalue weighted by atomic mass is 19.1. The lowest BCUT2D eigenvalue weighted by molar-refractivity contribution is 0.0168. The van der Waals surface area contributed by atoms with Gasteiger partial charge in [-0.15, -0.1) is 0 Å². The first-order valence-corrected chi connectivity index (χ1v) is 9.75. The third-order valence-electron chi connectivity index (χ3n) is 4.55. The average molecular weight is 405 g/mol. The third kappa shape index (κ3) is 4.83. The minimum absolute atomic E-state index is 0.0542. The number of hydrogen-bond donors (Lipinski definition) is 3. The molecule has 0 fully saturated rings. The van der Waals surface area contributed by atoms with E-state index in [0.717, 1.165) is 5.56 Å². The number of anilines is 2. The molecule has 0 radical (unpaired) electrons. The van der Waals surface area contributed by atoms with Crippen molar-refractivity contribution in [1.82, 2.24) is 10.0 Å². The summed E-state index contributed by atoms with van der Waals surface area (Å²) < 4.78 is 15.9. The highest BCUT2D eigenvalue weighted by molar-refractivity contribution is 6.07. The first-order valence-electron chi connectivity index (χ1n) is 9.75. The van der Waals surface area contributed by atoms with E-state index in [1.807, 2.05) is 13.8 Å². The molecule has 0 spiro atoms. The Morgan fingerprint density at radius 3 is 2.69 bits per heavy atom. The number of aromatic nitrogens is 1. The number of Topliss-reactive ketones (excluding diaryl/α,β-unsaturated/α-hetero) is 1. The fraction of sp³-hybridized carbons (Fsp3) is 0.429. The van der Waals surface area contributed by atoms with Gasteiger partial charge in [-0.2, -0.15) is 0 Å². The number of hydrogen-bond acceptors (Lipinski definition) is 5. The molecule has 158 valence electrons. The van der Waals surface area contributed by atoms with Crippen LogP contribution in [0.5, 0.6) is 0 Å². The summed E-state index contributed by atoms with van der Waals surface area (Å²) in [5, 5.41) is 11.8. The number of carbonyl (C=O) groups excluding carboxylic acids is 2. The molecule has 1 heterocycles. The van der Waals surface area contributed by atoms with Gasteiger partial charge in [0.05, 0.1) is 30.2 Å². The number of hydroxylamine groups is 1. The van der Waals surface area contributed by atoms with Crippen molar-refractivity contribution in [2.75, 3.05) is 18.5 Å². The molecule has 2 aromatic rings. The van der Waals surface area contributed by atoms with Crippen LogP contribution in [0.3, 0.4) is 0 Å². The van der Waals surface area contributed by atoms with Gasteiger partial charge in [0.25, 0.3) is 5.91 Å². The van der Waals surface area contributed by atoms with Crippen molar-refractivity contribution in [2.24, 2.45) is 7.05 Å². The maximum absolute atomic E-state index is 14.3. The molecule has 8 heteroatoms. The van der Waals surface area contributed by atoms with E-state index in [1.165, 1.54) is 6.07 Å². The molecule has 29 heavy (non-hydrogen) atoms. The molecule has 1 aliphatic rings. The van der Waals surface area contributed by atoms with Crippen LogP contribution in [0.25, 0.3) is 0 Å². The van der Waals surface area contributed by atoms with Gasteiger partial charge in [-0.05, 0) is 43.0 Å². The second-order valence-corrected chi connectivity index (χ2v) is 6.50. The van der Waals surface area contributed by atoms with Crippen molar-refractivity contribution in [3.63, 3.8) is 0 Å². The summed E-state index contributed by atoms with van der Waals surface area (Å²) >= 11 is 0. The van der Waals surface area contributed by atoms with E-state index < -0.39 is 11.7 Å². The van der Waals surface area contributed by atoms with Crippen LogP contribution in [-0.2, 0) is 18.3 Å². The van der Waals surface area contributed by atoms with Crippen molar-refractivity contribution in [3.8, 4) is 0 Å². The van der Waals surface area contributed by atoms with E-state index in [2.05, 4.69) is 10.8 Å². The van der Waals surface area contributed by atoms with Gasteiger partial charge in [-0.1, -0.05) is 19.9 Å². The van der Waals surface area contributed by atoms with Crippen LogP contribution in [0.15, 0.2) is 18.2 Å². The fourth-order valence-corrected chi connectivity index (χ4v) is 3.34. The number of halogens is 1. The number of fused-ring (bicyclic) bond motifs is 1. The molecule has 1 aromatic heterocycles. The quantitative estimate of drug-likeness (QED) is 0.506. The lowest BCUT2D eigenvalue weighted by Crippen LogP contribution is -2.27. The molecular weight excluding hydrogens is 377 g/mol. The van der Waals surface area contributed by atoms with Crippen LogP contribution in [0.2, 0.25) is 0 Å². The highest BCUT2D eigenvalue weighted by Gasteiger charge is 2.32. The average Bonchev–Trinajstić information content (AvgIpc) is 2.98. The maximum Gasteiger partial charge on any atom is 0.278 e. The van der Waals surface area contributed by atoms with Crippen LogP contribution in [0.4, 0.5) is 15.9 Å². The summed E-state index contributed by atoms with van der Waals surface area (Å²) in [5.41, 5.74) is 4.56. The predicted molar refractivity (Wildman–Crippen MR) is 109 cm³/mol. The number of rotatable bonds is 6. The molecule has 7 nitrogen and oxygen atoms in total. The number of nitrogens with one attached hydrogen (secondary N) is 2. The summed E-state index contributed by atoms with van der Waals surface area (Å²) in [7, 11) is 1.67. The largest absolute Gasteiger partial charge is 0.394 e. The first kappa shape index (κ1) is 22.6. The van der Waals surface area contributed by atoms with Crippen molar-refractivity contribution in [1.29, 1.82) is 0 Å². The Balaban J connectivity index is 0.00000145. The minimum Gasteiger partial charge on any atom is -0.394 e. The molecule has 0 aliphatic heterocycles. The Morgan fingerprint density at radius 2 is 2.03 bits per heavy atom. The third-order valence-corrected chi connectivity index (χ3v) is 4.55. The van der Waals surface area contributed by atoms with E-state index in [-0.39, 0.29) is 30.2 Å². The van der Waals surface area contributed by atoms with Crippen molar-refractivity contribution < 1.29 is 23.9 Å². The molecule has 0 bridgehead atoms. The Labute approximate surface area is 169 Å². The monoisotopic (exact) mass is 405 g/mol. The molecule has 1 amide bonds. The van der Waals surface area contributed by atoms with Gasteiger partial charge >= 0.3 is 0 Å². The number of nitrogens with zero attached hydrogens (tertiary/aromatic N) is 1. The molecule has 0 saturated heterocycles. The molecular formula is C21H28FN3O4. The van der Waals surface area contributed by atoms with Crippen LogP contribution in [0.1, 0.15) is 58.7 Å². The predicted octanol–water partition coefficient (Wildman–Crippen LogP) is 3.42. The van der Waals surface area contributed by atoms with Gasteiger partial charge in [-0.25, -0.2) is 9.87 Å². The molecule has 3 rings (SSSR count). The van der Waals surface area contributed by atoms with Gasteiger partial charge < -0.3 is 15.0 Å². The molecule has 1 aromatic carbocycles. The van der Waals surface area contributed by atoms with Crippen molar-refractivity contribution in [3.05, 3.63) is 46.4 Å². The normalized spacial score (nSPS) is 12.7. The lowest BCUT2D eigenvalue weighted by Gasteiger charge is -2.13. The number of benzene rings is 1. The zero-order chi connectivity index (χ0) is 21.6. The van der Waals surface area contributed by atoms with E-state index in [4.69, 9.17) is 9.94 Å². The molecule has 1 aliphatic carbocycles. The smallest absolute Gasteiger partial charge is 0.278 e. The Morgan fingerprint density at radius 1 is 1.31 bits per heavy atom. The number of aliphatic hydroxyl groups excluding tert-OH is 1. The topological polar surface area (TPSA) is 92.6 Å². The van der Waals surface area contributed by atoms with E-state index in [9.17, 15) is 14.0 Å². The first-order chi connectivity index (χ1) is 13.9. The molecule has 0 saturated carbocycles. The Kier molecular flexibility index (Phi) is 7.92. The second kappa shape index (κ2) is 10.2. The summed E-state index contributed by atoms with van der Waals surface area (Å²) in [6.07, 6.45) is 1.62. The van der Waals surface area contributed by atoms with Gasteiger partial charge in [0.15, 0.2) is 5.78 Å². The number of aryl methyl sites for hydroxylation is 1. The number of amides is 1. The Bertz CT molecular complexity index is 893. The van der Waals surface area contributed by atoms with Gasteiger partial charge in [0.2, 0.25) is 0 Å². The zero-order valence-corrected chi connectivity index (χ0v) is 17.3. The van der Waals surface area contributed by atoms with Crippen molar-refractivity contribution in [2.45, 2.75) is 40.0 Å². The number of carbonyl (C=O) groups is 2. The van der Waals surface area contributed by atoms with Crippen molar-refractivity contribution >= 4 is 23.2 Å². The SMILES string of the molecule is CC.Cc1ccc(Nc2c(C(=O)NOCCO)c3c(n2C)C(=O)CCC3)c(F)c1. The number of ketones is 1. The summed E-state index contributed by atoms with van der Waals surface area (Å²) in [6.45, 7) is 5.48. The van der Waals surface area contributed by atoms with E-state index in [0.29, 0.717) is 36.3 Å². The van der Waals surface area contributed by atoms with Gasteiger partial charge in [0.1, 0.15) is 11.6 Å². The molecule has 0 atom stereocenters. The summed E-state index contributed by atoms with van der Waals surface area (Å²) in [5.74, 6) is -0.738. The Hall–Kier alpha value is -2.71. The standard InChI is InChI=1S/C19H22FN3O4.C2H6/c1-11-6-7-14(13(20)10-11)21-18-16(19(26)22-27-9-8-24)12-4-3-5-15(25)17(12)23(18)2;1-2/h6-7,10,21,24H,3-5,8-9H2,1-2H3,(H,22,26);1-2H3. The van der Waals surface area contributed by atoms with Crippen LogP contribution < -0.4 is 10.8 Å². The van der Waals surface area contributed by atoms with Gasteiger partial charge in [-0.3, -0.25) is 14.4 Å². The fourth-order valence-electron chi connectivity index (χ4n) is 3.34. The summed E-state index contributed by atoms with van der Waals surface area (Å²) in [6, 6.07) is 4.73. The summed E-state index contributed by atoms with van der Waals surface area (Å²) in [4.78, 5) is 30.0. The van der Waals surface area contributed by atoms with Gasteiger partial charge in [0, 0.05) is 13.5 Å². The number of aliphatic hydroxyl groups is 1. The van der Waals surface area contributed by atoms with Crippen LogP contribution in [0, 0.1) is 12.7 Å². The molecule has 3 N–H and O–H groups in total. The van der Waals surface area contributed by atoms with Crippen LogP contribution in [-0.4, -0.2) is 34.6 Å². The molecule has 0 unspecified atom stereocenters. The lowest BCUT2D eigenvalue weighted by atomic mass is 9.93. The highest BCUT2D eigenvalue weighted by Crippen LogP contribution is 2.34. The minimum atomic E-state index is -0.551. The van der Waals surface area contributed by atoms with Crippen LogP contribution >= 0.6 is 0 Å².